The highest BCUT2D eigenvalue weighted by atomic mass is 16.5. The molecule has 0 unspecified atom stereocenters. The zero-order chi connectivity index (χ0) is 21.4. The number of anilines is 1. The summed E-state index contributed by atoms with van der Waals surface area (Å²) in [4.78, 5) is 18.3. The number of nitrogens with zero attached hydrogens (tertiary/aromatic N) is 3. The predicted molar refractivity (Wildman–Crippen MR) is 114 cm³/mol. The van der Waals surface area contributed by atoms with Gasteiger partial charge in [-0.25, -0.2) is 9.78 Å². The Balaban J connectivity index is 1.70. The van der Waals surface area contributed by atoms with Gasteiger partial charge >= 0.3 is 5.97 Å². The molecule has 2 aromatic carbocycles. The molecule has 1 aromatic heterocycles. The molecule has 2 heterocycles. The normalized spacial score (nSPS) is 14.0. The number of fused-ring (bicyclic) bond motifs is 1. The molecular formula is C22H22N4O4. The summed E-state index contributed by atoms with van der Waals surface area (Å²) >= 11 is 0. The van der Waals surface area contributed by atoms with Gasteiger partial charge < -0.3 is 24.0 Å². The van der Waals surface area contributed by atoms with E-state index in [9.17, 15) is 9.90 Å². The molecule has 2 N–H and O–H groups in total. The van der Waals surface area contributed by atoms with E-state index in [0.29, 0.717) is 33.9 Å². The Labute approximate surface area is 173 Å². The summed E-state index contributed by atoms with van der Waals surface area (Å²) in [6, 6.07) is 12.4. The minimum Gasteiger partial charge on any atom is -0.509 e. The lowest BCUT2D eigenvalue weighted by atomic mass is 10.2. The number of nitrogens with one attached hydrogen (secondary N) is 1. The number of esters is 1. The smallest absolute Gasteiger partial charge is 0.338 e. The standard InChI is InChI=1S/C22H22N4O4/c1-4-30-22(28)13-6-5-7-14(10-13)26-12-18(27)19(20(26)23)21-24-16-11-15(29-3)8-9-17(16)25(21)2/h5-11,23,27H,4,12H2,1-3H3. The second kappa shape index (κ2) is 7.55. The van der Waals surface area contributed by atoms with Gasteiger partial charge in [0.15, 0.2) is 0 Å². The van der Waals surface area contributed by atoms with Crippen LogP contribution in [0, 0.1) is 5.41 Å². The summed E-state index contributed by atoms with van der Waals surface area (Å²) in [5, 5.41) is 19.4. The van der Waals surface area contributed by atoms with Gasteiger partial charge in [0.1, 0.15) is 23.2 Å². The lowest BCUT2D eigenvalue weighted by molar-refractivity contribution is 0.0526. The fourth-order valence-electron chi connectivity index (χ4n) is 3.58. The third-order valence-corrected chi connectivity index (χ3v) is 5.08. The maximum atomic E-state index is 12.1. The molecule has 0 amide bonds. The van der Waals surface area contributed by atoms with Crippen LogP contribution in [0.2, 0.25) is 0 Å². The zero-order valence-electron chi connectivity index (χ0n) is 17.0. The number of ether oxygens (including phenoxy) is 2. The van der Waals surface area contributed by atoms with Crippen molar-refractivity contribution in [2.45, 2.75) is 6.92 Å². The molecule has 0 fully saturated rings. The van der Waals surface area contributed by atoms with Crippen LogP contribution in [0.1, 0.15) is 23.1 Å². The largest absolute Gasteiger partial charge is 0.509 e. The molecule has 154 valence electrons. The highest BCUT2D eigenvalue weighted by Crippen LogP contribution is 2.33. The fraction of sp³-hybridized carbons (Fsp3) is 0.227. The lowest BCUT2D eigenvalue weighted by Gasteiger charge is -2.19. The van der Waals surface area contributed by atoms with Gasteiger partial charge in [0.2, 0.25) is 0 Å². The maximum Gasteiger partial charge on any atom is 0.338 e. The van der Waals surface area contributed by atoms with Crippen molar-refractivity contribution in [2.24, 2.45) is 7.05 Å². The Bertz CT molecular complexity index is 1200. The average molecular weight is 406 g/mol. The topological polar surface area (TPSA) is 101 Å². The molecule has 0 aliphatic carbocycles. The quantitative estimate of drug-likeness (QED) is 0.629. The molecule has 4 rings (SSSR count). The molecule has 0 saturated heterocycles. The summed E-state index contributed by atoms with van der Waals surface area (Å²) in [7, 11) is 3.43. The van der Waals surface area contributed by atoms with Crippen LogP contribution in [0.15, 0.2) is 48.2 Å². The van der Waals surface area contributed by atoms with Crippen molar-refractivity contribution in [3.05, 3.63) is 59.6 Å². The number of aryl methyl sites for hydroxylation is 1. The first-order valence-electron chi connectivity index (χ1n) is 9.51. The second-order valence-corrected chi connectivity index (χ2v) is 6.88. The average Bonchev–Trinajstić information content (AvgIpc) is 3.23. The van der Waals surface area contributed by atoms with Gasteiger partial charge in [-0.15, -0.1) is 0 Å². The van der Waals surface area contributed by atoms with E-state index >= 15 is 0 Å². The van der Waals surface area contributed by atoms with Gasteiger partial charge in [-0.05, 0) is 37.3 Å². The molecule has 0 atom stereocenters. The SMILES string of the molecule is CCOC(=O)c1cccc(N2CC(O)=C(c3nc4cc(OC)ccc4n3C)C2=N)c1. The Morgan fingerprint density at radius 1 is 1.27 bits per heavy atom. The van der Waals surface area contributed by atoms with Crippen LogP contribution in [0.5, 0.6) is 5.75 Å². The van der Waals surface area contributed by atoms with E-state index in [1.807, 2.05) is 29.8 Å². The minimum atomic E-state index is -0.424. The van der Waals surface area contributed by atoms with E-state index < -0.39 is 5.97 Å². The fourth-order valence-corrected chi connectivity index (χ4v) is 3.58. The lowest BCUT2D eigenvalue weighted by Crippen LogP contribution is -2.26. The van der Waals surface area contributed by atoms with Crippen molar-refractivity contribution in [1.82, 2.24) is 9.55 Å². The van der Waals surface area contributed by atoms with Gasteiger partial charge in [-0.1, -0.05) is 6.07 Å². The van der Waals surface area contributed by atoms with E-state index in [1.165, 1.54) is 0 Å². The van der Waals surface area contributed by atoms with Crippen LogP contribution in [0.25, 0.3) is 16.6 Å². The molecule has 0 saturated carbocycles. The van der Waals surface area contributed by atoms with E-state index in [-0.39, 0.29) is 24.7 Å². The Morgan fingerprint density at radius 3 is 2.80 bits per heavy atom. The second-order valence-electron chi connectivity index (χ2n) is 6.88. The number of amidine groups is 1. The van der Waals surface area contributed by atoms with Crippen molar-refractivity contribution < 1.29 is 19.4 Å². The molecule has 8 heteroatoms. The van der Waals surface area contributed by atoms with Gasteiger partial charge in [0.05, 0.1) is 42.4 Å². The summed E-state index contributed by atoms with van der Waals surface area (Å²) in [5.74, 6) is 0.909. The number of hydrogen-bond donors (Lipinski definition) is 2. The number of aromatic nitrogens is 2. The van der Waals surface area contributed by atoms with Crippen LogP contribution < -0.4 is 9.64 Å². The zero-order valence-corrected chi connectivity index (χ0v) is 17.0. The van der Waals surface area contributed by atoms with Gasteiger partial charge in [-0.2, -0.15) is 0 Å². The highest BCUT2D eigenvalue weighted by Gasteiger charge is 2.32. The van der Waals surface area contributed by atoms with Crippen molar-refractivity contribution in [2.75, 3.05) is 25.2 Å². The molecule has 0 spiro atoms. The molecule has 30 heavy (non-hydrogen) atoms. The highest BCUT2D eigenvalue weighted by molar-refractivity contribution is 6.30. The Morgan fingerprint density at radius 2 is 2.07 bits per heavy atom. The summed E-state index contributed by atoms with van der Waals surface area (Å²) in [6.07, 6.45) is 0. The Kier molecular flexibility index (Phi) is 4.91. The van der Waals surface area contributed by atoms with Gasteiger partial charge in [-0.3, -0.25) is 5.41 Å². The van der Waals surface area contributed by atoms with Crippen LogP contribution in [-0.2, 0) is 11.8 Å². The minimum absolute atomic E-state index is 0.0481. The number of hydrogen-bond acceptors (Lipinski definition) is 6. The van der Waals surface area contributed by atoms with Crippen molar-refractivity contribution in [1.29, 1.82) is 5.41 Å². The van der Waals surface area contributed by atoms with E-state index in [1.54, 1.807) is 43.2 Å². The summed E-state index contributed by atoms with van der Waals surface area (Å²) in [6.45, 7) is 2.15. The Hall–Kier alpha value is -3.81. The van der Waals surface area contributed by atoms with Crippen molar-refractivity contribution in [3.63, 3.8) is 0 Å². The number of aliphatic hydroxyl groups is 1. The van der Waals surface area contributed by atoms with Crippen molar-refractivity contribution >= 4 is 34.1 Å². The molecule has 1 aliphatic rings. The summed E-state index contributed by atoms with van der Waals surface area (Å²) < 4.78 is 12.2. The molecule has 8 nitrogen and oxygen atoms in total. The first-order valence-corrected chi connectivity index (χ1v) is 9.51. The number of carbonyl (C=O) groups is 1. The molecule has 1 aliphatic heterocycles. The number of rotatable bonds is 5. The molecule has 0 radical (unpaired) electrons. The number of aliphatic hydroxyl groups excluding tert-OH is 1. The summed E-state index contributed by atoms with van der Waals surface area (Å²) in [5.41, 5.74) is 2.94. The molecular weight excluding hydrogens is 384 g/mol. The van der Waals surface area contributed by atoms with E-state index in [4.69, 9.17) is 14.9 Å². The number of carbonyl (C=O) groups excluding carboxylic acids is 1. The molecule has 3 aromatic rings. The van der Waals surface area contributed by atoms with E-state index in [0.717, 1.165) is 5.52 Å². The van der Waals surface area contributed by atoms with Gasteiger partial charge in [0.25, 0.3) is 0 Å². The number of imidazole rings is 1. The third-order valence-electron chi connectivity index (χ3n) is 5.08. The first kappa shape index (κ1) is 19.5. The molecule has 0 bridgehead atoms. The van der Waals surface area contributed by atoms with E-state index in [2.05, 4.69) is 4.98 Å². The number of benzene rings is 2. The third kappa shape index (κ3) is 3.16. The first-order chi connectivity index (χ1) is 14.4. The predicted octanol–water partition coefficient (Wildman–Crippen LogP) is 3.53. The number of methoxy groups -OCH3 is 1. The van der Waals surface area contributed by atoms with Crippen LogP contribution >= 0.6 is 0 Å². The van der Waals surface area contributed by atoms with Gasteiger partial charge in [0, 0.05) is 18.8 Å². The maximum absolute atomic E-state index is 12.1. The van der Waals surface area contributed by atoms with Crippen LogP contribution in [-0.4, -0.2) is 46.7 Å². The van der Waals surface area contributed by atoms with Crippen molar-refractivity contribution in [3.8, 4) is 5.75 Å². The monoisotopic (exact) mass is 406 g/mol. The van der Waals surface area contributed by atoms with Crippen LogP contribution in [0.3, 0.4) is 0 Å². The van der Waals surface area contributed by atoms with Crippen LogP contribution in [0.4, 0.5) is 5.69 Å².